The summed E-state index contributed by atoms with van der Waals surface area (Å²) in [6, 6.07) is 1.62. The van der Waals surface area contributed by atoms with Crippen LogP contribution in [-0.4, -0.2) is 40.9 Å². The van der Waals surface area contributed by atoms with E-state index >= 15 is 0 Å². The highest BCUT2D eigenvalue weighted by Gasteiger charge is 2.33. The van der Waals surface area contributed by atoms with E-state index in [0.717, 1.165) is 30.9 Å². The molecule has 1 aliphatic rings. The van der Waals surface area contributed by atoms with Crippen molar-refractivity contribution in [3.8, 4) is 0 Å². The number of hydrogen-bond donors (Lipinski definition) is 0. The summed E-state index contributed by atoms with van der Waals surface area (Å²) in [4.78, 5) is 7.20. The van der Waals surface area contributed by atoms with Crippen molar-refractivity contribution in [1.29, 1.82) is 0 Å². The molecule has 1 aliphatic heterocycles. The molecule has 0 unspecified atom stereocenters. The second-order valence-corrected chi connectivity index (χ2v) is 8.11. The maximum absolute atomic E-state index is 12.5. The summed E-state index contributed by atoms with van der Waals surface area (Å²) < 4.78 is 65.9. The molecule has 0 spiro atoms. The summed E-state index contributed by atoms with van der Waals surface area (Å²) >= 11 is 0. The van der Waals surface area contributed by atoms with Gasteiger partial charge in [0.05, 0.1) is 0 Å². The first-order valence-corrected chi connectivity index (χ1v) is 9.11. The van der Waals surface area contributed by atoms with Gasteiger partial charge in [-0.2, -0.15) is 13.2 Å². The molecule has 25 heavy (non-hydrogen) atoms. The molecule has 1 atom stereocenters. The maximum Gasteiger partial charge on any atom is 0.433 e. The lowest BCUT2D eigenvalue weighted by molar-refractivity contribution is -0.141. The van der Waals surface area contributed by atoms with Crippen LogP contribution in [0.2, 0.25) is 0 Å². The molecule has 0 saturated heterocycles. The second kappa shape index (κ2) is 6.41. The van der Waals surface area contributed by atoms with Crippen molar-refractivity contribution in [3.05, 3.63) is 42.2 Å². The van der Waals surface area contributed by atoms with Gasteiger partial charge in [-0.1, -0.05) is 0 Å². The Balaban J connectivity index is 1.71. The lowest BCUT2D eigenvalue weighted by Crippen LogP contribution is -2.35. The van der Waals surface area contributed by atoms with E-state index in [1.807, 2.05) is 10.8 Å². The molecule has 0 aliphatic carbocycles. The van der Waals surface area contributed by atoms with E-state index < -0.39 is 21.9 Å². The summed E-state index contributed by atoms with van der Waals surface area (Å²) in [5.74, 6) is 1.09. The van der Waals surface area contributed by atoms with E-state index in [9.17, 15) is 21.6 Å². The van der Waals surface area contributed by atoms with Crippen molar-refractivity contribution in [3.63, 3.8) is 0 Å². The van der Waals surface area contributed by atoms with Crippen molar-refractivity contribution in [2.24, 2.45) is 5.92 Å². The highest BCUT2D eigenvalue weighted by Crippen LogP contribution is 2.28. The van der Waals surface area contributed by atoms with Gasteiger partial charge in [0.2, 0.25) is 10.0 Å². The average Bonchev–Trinajstić information content (AvgIpc) is 3.01. The minimum Gasteiger partial charge on any atom is -0.335 e. The molecule has 3 rings (SSSR count). The number of imidazole rings is 1. The number of hydrogen-bond acceptors (Lipinski definition) is 4. The third kappa shape index (κ3) is 3.69. The Labute approximate surface area is 143 Å². The third-order valence-corrected chi connectivity index (χ3v) is 6.09. The van der Waals surface area contributed by atoms with Crippen LogP contribution in [0.25, 0.3) is 0 Å². The Morgan fingerprint density at radius 2 is 2.08 bits per heavy atom. The lowest BCUT2D eigenvalue weighted by atomic mass is 10.00. The first-order chi connectivity index (χ1) is 11.7. The van der Waals surface area contributed by atoms with E-state index in [1.165, 1.54) is 11.4 Å². The zero-order valence-electron chi connectivity index (χ0n) is 13.4. The molecule has 0 saturated carbocycles. The Bertz CT molecular complexity index is 846. The van der Waals surface area contributed by atoms with Crippen molar-refractivity contribution in [2.45, 2.75) is 30.5 Å². The third-order valence-electron chi connectivity index (χ3n) is 4.28. The van der Waals surface area contributed by atoms with Gasteiger partial charge in [0.25, 0.3) is 0 Å². The van der Waals surface area contributed by atoms with Gasteiger partial charge in [-0.15, -0.1) is 0 Å². The number of nitrogens with zero attached hydrogens (tertiary/aromatic N) is 4. The predicted molar refractivity (Wildman–Crippen MR) is 83.1 cm³/mol. The molecule has 0 aromatic carbocycles. The number of rotatable bonds is 4. The molecule has 2 aromatic rings. The average molecular weight is 374 g/mol. The molecular formula is C15H17F3N4O2S. The summed E-state index contributed by atoms with van der Waals surface area (Å²) in [6.45, 7) is 0.946. The highest BCUT2D eigenvalue weighted by molar-refractivity contribution is 7.89. The number of fused-ring (bicyclic) bond motifs is 1. The van der Waals surface area contributed by atoms with Gasteiger partial charge in [0.15, 0.2) is 0 Å². The number of halogens is 3. The Hall–Kier alpha value is -1.94. The molecule has 2 aromatic heterocycles. The number of alkyl halides is 3. The topological polar surface area (TPSA) is 68.1 Å². The van der Waals surface area contributed by atoms with Gasteiger partial charge in [-0.3, -0.25) is 4.98 Å². The van der Waals surface area contributed by atoms with Crippen LogP contribution >= 0.6 is 0 Å². The number of aryl methyl sites for hydroxylation is 1. The van der Waals surface area contributed by atoms with E-state index in [1.54, 1.807) is 6.20 Å². The summed E-state index contributed by atoms with van der Waals surface area (Å²) in [5, 5.41) is 0. The molecule has 0 bridgehead atoms. The fourth-order valence-electron chi connectivity index (χ4n) is 2.93. The lowest BCUT2D eigenvalue weighted by Gasteiger charge is -2.27. The van der Waals surface area contributed by atoms with Crippen LogP contribution in [0.1, 0.15) is 17.9 Å². The Morgan fingerprint density at radius 1 is 1.32 bits per heavy atom. The number of sulfonamides is 1. The van der Waals surface area contributed by atoms with Crippen LogP contribution in [0.4, 0.5) is 13.2 Å². The molecule has 0 fully saturated rings. The second-order valence-electron chi connectivity index (χ2n) is 6.06. The van der Waals surface area contributed by atoms with Crippen LogP contribution < -0.4 is 0 Å². The standard InChI is InChI=1S/C15H17F3N4O2S/c1-21(9-11-2-5-14-19-6-7-22(14)10-11)25(23,24)12-3-4-13(20-8-12)15(16,17)18/h3-4,6-8,11H,2,5,9-10H2,1H3/t11-/m0/s1. The normalized spacial score (nSPS) is 18.4. The highest BCUT2D eigenvalue weighted by atomic mass is 32.2. The van der Waals surface area contributed by atoms with Crippen molar-refractivity contribution < 1.29 is 21.6 Å². The van der Waals surface area contributed by atoms with Gasteiger partial charge in [-0.05, 0) is 24.5 Å². The first kappa shape index (κ1) is 17.9. The van der Waals surface area contributed by atoms with Crippen LogP contribution in [0.3, 0.4) is 0 Å². The van der Waals surface area contributed by atoms with E-state index in [0.29, 0.717) is 12.6 Å². The van der Waals surface area contributed by atoms with Crippen molar-refractivity contribution >= 4 is 10.0 Å². The molecule has 0 radical (unpaired) electrons. The summed E-state index contributed by atoms with van der Waals surface area (Å²) in [5.41, 5.74) is -1.12. The quantitative estimate of drug-likeness (QED) is 0.823. The molecule has 3 heterocycles. The smallest absolute Gasteiger partial charge is 0.335 e. The molecule has 0 N–H and O–H groups in total. The molecule has 0 amide bonds. The number of aromatic nitrogens is 3. The van der Waals surface area contributed by atoms with Gasteiger partial charge >= 0.3 is 6.18 Å². The minimum atomic E-state index is -4.60. The monoisotopic (exact) mass is 374 g/mol. The molecular weight excluding hydrogens is 357 g/mol. The van der Waals surface area contributed by atoms with Gasteiger partial charge < -0.3 is 4.57 Å². The SMILES string of the molecule is CN(C[C@@H]1CCc2nccn2C1)S(=O)(=O)c1ccc(C(F)(F)F)nc1. The molecule has 136 valence electrons. The van der Waals surface area contributed by atoms with Crippen LogP contribution in [0.15, 0.2) is 35.6 Å². The van der Waals surface area contributed by atoms with Crippen molar-refractivity contribution in [2.75, 3.05) is 13.6 Å². The zero-order chi connectivity index (χ0) is 18.2. The van der Waals surface area contributed by atoms with Gasteiger partial charge in [0.1, 0.15) is 16.4 Å². The first-order valence-electron chi connectivity index (χ1n) is 7.67. The van der Waals surface area contributed by atoms with E-state index in [-0.39, 0.29) is 17.4 Å². The summed E-state index contributed by atoms with van der Waals surface area (Å²) in [6.07, 6.45) is 1.31. The van der Waals surface area contributed by atoms with Crippen molar-refractivity contribution in [1.82, 2.24) is 18.8 Å². The maximum atomic E-state index is 12.5. The van der Waals surface area contributed by atoms with Gasteiger partial charge in [-0.25, -0.2) is 17.7 Å². The van der Waals surface area contributed by atoms with Crippen LogP contribution in [0, 0.1) is 5.92 Å². The largest absolute Gasteiger partial charge is 0.433 e. The minimum absolute atomic E-state index is 0.115. The predicted octanol–water partition coefficient (Wildman–Crippen LogP) is 2.18. The Morgan fingerprint density at radius 3 is 2.72 bits per heavy atom. The van der Waals surface area contributed by atoms with Crippen LogP contribution in [-0.2, 0) is 29.2 Å². The zero-order valence-corrected chi connectivity index (χ0v) is 14.3. The number of pyridine rings is 1. The fourth-order valence-corrected chi connectivity index (χ4v) is 4.12. The van der Waals surface area contributed by atoms with Crippen LogP contribution in [0.5, 0.6) is 0 Å². The summed E-state index contributed by atoms with van der Waals surface area (Å²) in [7, 11) is -2.46. The Kier molecular flexibility index (Phi) is 4.58. The molecule has 6 nitrogen and oxygen atoms in total. The van der Waals surface area contributed by atoms with E-state index in [4.69, 9.17) is 0 Å². The molecule has 10 heteroatoms. The fraction of sp³-hybridized carbons (Fsp3) is 0.467. The van der Waals surface area contributed by atoms with Gasteiger partial charge in [0, 0.05) is 45.1 Å². The van der Waals surface area contributed by atoms with E-state index in [2.05, 4.69) is 9.97 Å².